The van der Waals surface area contributed by atoms with Crippen molar-refractivity contribution in [3.63, 3.8) is 0 Å². The fourth-order valence-corrected chi connectivity index (χ4v) is 3.34. The van der Waals surface area contributed by atoms with Crippen molar-refractivity contribution in [1.82, 2.24) is 10.2 Å². The van der Waals surface area contributed by atoms with Gasteiger partial charge in [0.05, 0.1) is 0 Å². The third-order valence-corrected chi connectivity index (χ3v) is 5.04. The zero-order chi connectivity index (χ0) is 20.9. The molecule has 0 saturated heterocycles. The fourth-order valence-electron chi connectivity index (χ4n) is 2.49. The minimum atomic E-state index is -0.237. The van der Waals surface area contributed by atoms with Crippen LogP contribution < -0.4 is 5.32 Å². The van der Waals surface area contributed by atoms with E-state index in [1.807, 2.05) is 13.1 Å². The first-order valence-electron chi connectivity index (χ1n) is 10.5. The highest BCUT2D eigenvalue weighted by atomic mass is 32.2. The Morgan fingerprint density at radius 3 is 2.54 bits per heavy atom. The van der Waals surface area contributed by atoms with Gasteiger partial charge in [0.2, 0.25) is 0 Å². The maximum atomic E-state index is 12.3. The topological polar surface area (TPSA) is 75.7 Å². The first kappa shape index (κ1) is 26.7. The van der Waals surface area contributed by atoms with E-state index in [1.165, 1.54) is 37.4 Å². The summed E-state index contributed by atoms with van der Waals surface area (Å²) in [5, 5.41) is 3.01. The number of allylic oxidation sites excluding steroid dienone is 1. The van der Waals surface area contributed by atoms with Crippen LogP contribution >= 0.6 is 11.8 Å². The van der Waals surface area contributed by atoms with Gasteiger partial charge in [-0.25, -0.2) is 0 Å². The minimum absolute atomic E-state index is 0.000484. The van der Waals surface area contributed by atoms with Gasteiger partial charge >= 0.3 is 5.97 Å². The van der Waals surface area contributed by atoms with Gasteiger partial charge in [0.25, 0.3) is 5.24 Å². The molecule has 0 aliphatic carbocycles. The predicted molar refractivity (Wildman–Crippen MR) is 117 cm³/mol. The third kappa shape index (κ3) is 16.8. The summed E-state index contributed by atoms with van der Waals surface area (Å²) in [7, 11) is 1.85. The molecule has 28 heavy (non-hydrogen) atoms. The average molecular weight is 415 g/mol. The van der Waals surface area contributed by atoms with Crippen LogP contribution in [-0.2, 0) is 14.3 Å². The van der Waals surface area contributed by atoms with Crippen molar-refractivity contribution >= 4 is 29.3 Å². The van der Waals surface area contributed by atoms with Crippen LogP contribution in [-0.4, -0.2) is 61.4 Å². The number of hydrogen-bond donors (Lipinski definition) is 1. The Labute approximate surface area is 174 Å². The minimum Gasteiger partial charge on any atom is -0.461 e. The van der Waals surface area contributed by atoms with Gasteiger partial charge in [0, 0.05) is 38.2 Å². The molecule has 1 amide bonds. The lowest BCUT2D eigenvalue weighted by Gasteiger charge is -2.21. The second-order valence-corrected chi connectivity index (χ2v) is 7.67. The van der Waals surface area contributed by atoms with E-state index in [9.17, 15) is 14.4 Å². The number of esters is 1. The summed E-state index contributed by atoms with van der Waals surface area (Å²) in [4.78, 5) is 36.3. The Kier molecular flexibility index (Phi) is 19.4. The highest BCUT2D eigenvalue weighted by molar-refractivity contribution is 8.13. The molecule has 0 atom stereocenters. The molecule has 0 spiro atoms. The molecule has 0 aromatic heterocycles. The van der Waals surface area contributed by atoms with E-state index in [4.69, 9.17) is 4.74 Å². The van der Waals surface area contributed by atoms with Crippen LogP contribution in [0.1, 0.15) is 64.7 Å². The molecule has 7 heteroatoms. The number of unbranched alkanes of at least 4 members (excludes halogenated alkanes) is 5. The number of nitrogens with one attached hydrogen (secondary N) is 1. The number of amides is 1. The molecule has 0 unspecified atom stereocenters. The number of nitrogens with zero attached hydrogens (tertiary/aromatic N) is 1. The van der Waals surface area contributed by atoms with Crippen LogP contribution in [0.3, 0.4) is 0 Å². The molecule has 0 aromatic carbocycles. The van der Waals surface area contributed by atoms with Crippen molar-refractivity contribution in [2.45, 2.75) is 64.7 Å². The third-order valence-electron chi connectivity index (χ3n) is 4.13. The van der Waals surface area contributed by atoms with Gasteiger partial charge in [-0.15, -0.1) is 0 Å². The molecule has 0 aromatic rings. The molecule has 6 nitrogen and oxygen atoms in total. The Hall–Kier alpha value is -1.34. The lowest BCUT2D eigenvalue weighted by Crippen LogP contribution is -2.31. The van der Waals surface area contributed by atoms with E-state index in [0.717, 1.165) is 19.3 Å². The molecule has 0 radical (unpaired) electrons. The van der Waals surface area contributed by atoms with Crippen LogP contribution in [0.15, 0.2) is 12.2 Å². The summed E-state index contributed by atoms with van der Waals surface area (Å²) in [5.41, 5.74) is 0. The van der Waals surface area contributed by atoms with Crippen LogP contribution in [0.25, 0.3) is 0 Å². The standard InChI is InChI=1S/C21H38N2O4S/c1-3-4-5-6-7-8-11-18-27-20(25)13-12-16-23(15-9-10-17-24)21(26)28-19-14-22-2/h8,11,17,22H,3-7,9-10,12-16,18-19H2,1-2H3/b11-8-. The summed E-state index contributed by atoms with van der Waals surface area (Å²) < 4.78 is 5.20. The number of thioether (sulfide) groups is 1. The highest BCUT2D eigenvalue weighted by Gasteiger charge is 2.14. The highest BCUT2D eigenvalue weighted by Crippen LogP contribution is 2.11. The molecular weight excluding hydrogens is 376 g/mol. The molecule has 0 saturated carbocycles. The quantitative estimate of drug-likeness (QED) is 0.157. The molecule has 0 bridgehead atoms. The first-order chi connectivity index (χ1) is 13.7. The summed E-state index contributed by atoms with van der Waals surface area (Å²) in [5.74, 6) is 0.463. The Morgan fingerprint density at radius 2 is 1.82 bits per heavy atom. The fraction of sp³-hybridized carbons (Fsp3) is 0.762. The van der Waals surface area contributed by atoms with Gasteiger partial charge in [-0.2, -0.15) is 0 Å². The largest absolute Gasteiger partial charge is 0.461 e. The van der Waals surface area contributed by atoms with Gasteiger partial charge in [-0.05, 0) is 32.7 Å². The van der Waals surface area contributed by atoms with Gasteiger partial charge in [-0.3, -0.25) is 9.59 Å². The number of hydrogen-bond acceptors (Lipinski definition) is 6. The Balaban J connectivity index is 4.01. The van der Waals surface area contributed by atoms with E-state index in [0.29, 0.717) is 51.1 Å². The summed E-state index contributed by atoms with van der Waals surface area (Å²) in [6.07, 6.45) is 12.7. The zero-order valence-electron chi connectivity index (χ0n) is 17.6. The van der Waals surface area contributed by atoms with Crippen molar-refractivity contribution in [3.05, 3.63) is 12.2 Å². The maximum Gasteiger partial charge on any atom is 0.306 e. The second kappa shape index (κ2) is 20.4. The van der Waals surface area contributed by atoms with Gasteiger partial charge in [-0.1, -0.05) is 50.1 Å². The maximum absolute atomic E-state index is 12.3. The SMILES string of the molecule is CCCCCC/C=C\COC(=O)CCCN(CCCC=O)C(=O)SCCNC. The van der Waals surface area contributed by atoms with Crippen LogP contribution in [0, 0.1) is 0 Å². The van der Waals surface area contributed by atoms with Crippen molar-refractivity contribution in [1.29, 1.82) is 0 Å². The van der Waals surface area contributed by atoms with Crippen LogP contribution in [0.2, 0.25) is 0 Å². The van der Waals surface area contributed by atoms with E-state index in [-0.39, 0.29) is 11.2 Å². The molecule has 0 aliphatic heterocycles. The summed E-state index contributed by atoms with van der Waals surface area (Å²) >= 11 is 1.26. The van der Waals surface area contributed by atoms with Crippen molar-refractivity contribution in [2.24, 2.45) is 0 Å². The molecular formula is C21H38N2O4S. The van der Waals surface area contributed by atoms with Crippen molar-refractivity contribution in [2.75, 3.05) is 39.0 Å². The summed E-state index contributed by atoms with van der Waals surface area (Å²) in [6, 6.07) is 0. The molecule has 0 fully saturated rings. The number of rotatable bonds is 18. The normalized spacial score (nSPS) is 10.9. The first-order valence-corrected chi connectivity index (χ1v) is 11.4. The molecule has 0 heterocycles. The second-order valence-electron chi connectivity index (χ2n) is 6.62. The van der Waals surface area contributed by atoms with Gasteiger partial charge in [0.1, 0.15) is 12.9 Å². The van der Waals surface area contributed by atoms with E-state index in [1.54, 1.807) is 4.90 Å². The average Bonchev–Trinajstić information content (AvgIpc) is 2.69. The monoisotopic (exact) mass is 414 g/mol. The van der Waals surface area contributed by atoms with E-state index < -0.39 is 0 Å². The Morgan fingerprint density at radius 1 is 1.04 bits per heavy atom. The van der Waals surface area contributed by atoms with Crippen molar-refractivity contribution in [3.8, 4) is 0 Å². The number of carbonyl (C=O) groups is 3. The molecule has 162 valence electrons. The predicted octanol–water partition coefficient (Wildman–Crippen LogP) is 4.19. The lowest BCUT2D eigenvalue weighted by atomic mass is 10.1. The molecule has 1 N–H and O–H groups in total. The summed E-state index contributed by atoms with van der Waals surface area (Å²) in [6.45, 7) is 4.32. The van der Waals surface area contributed by atoms with Crippen LogP contribution in [0.4, 0.5) is 4.79 Å². The number of carbonyl (C=O) groups excluding carboxylic acids is 3. The van der Waals surface area contributed by atoms with Crippen LogP contribution in [0.5, 0.6) is 0 Å². The Bertz CT molecular complexity index is 444. The number of ether oxygens (including phenoxy) is 1. The molecule has 0 aliphatic rings. The molecule has 0 rings (SSSR count). The number of aldehydes is 1. The van der Waals surface area contributed by atoms with Gasteiger partial charge in [0.15, 0.2) is 0 Å². The van der Waals surface area contributed by atoms with E-state index in [2.05, 4.69) is 18.3 Å². The zero-order valence-corrected chi connectivity index (χ0v) is 18.4. The van der Waals surface area contributed by atoms with Gasteiger partial charge < -0.3 is 19.7 Å². The lowest BCUT2D eigenvalue weighted by molar-refractivity contribution is -0.142. The van der Waals surface area contributed by atoms with Crippen molar-refractivity contribution < 1.29 is 19.1 Å². The smallest absolute Gasteiger partial charge is 0.306 e. The van der Waals surface area contributed by atoms with E-state index >= 15 is 0 Å².